The van der Waals surface area contributed by atoms with Crippen molar-refractivity contribution in [3.05, 3.63) is 40.4 Å². The lowest BCUT2D eigenvalue weighted by Gasteiger charge is -2.18. The predicted octanol–water partition coefficient (Wildman–Crippen LogP) is 3.98. The van der Waals surface area contributed by atoms with Crippen LogP contribution in [0.1, 0.15) is 37.4 Å². The highest BCUT2D eigenvalue weighted by atomic mass is 35.5. The van der Waals surface area contributed by atoms with Gasteiger partial charge in [0.25, 0.3) is 5.56 Å². The number of hydrogen-bond donors (Lipinski definition) is 0. The van der Waals surface area contributed by atoms with Crippen molar-refractivity contribution in [2.24, 2.45) is 0 Å². The van der Waals surface area contributed by atoms with Gasteiger partial charge in [0, 0.05) is 11.8 Å². The Hall–Kier alpha value is -1.00. The molecule has 3 rings (SSSR count). The van der Waals surface area contributed by atoms with Crippen molar-refractivity contribution in [1.82, 2.24) is 9.55 Å². The summed E-state index contributed by atoms with van der Waals surface area (Å²) in [4.78, 5) is 17.5. The number of halogens is 1. The van der Waals surface area contributed by atoms with Crippen LogP contribution < -0.4 is 5.56 Å². The lowest BCUT2D eigenvalue weighted by Crippen LogP contribution is -2.29. The van der Waals surface area contributed by atoms with Crippen LogP contribution >= 0.6 is 23.4 Å². The van der Waals surface area contributed by atoms with Gasteiger partial charge in [-0.15, -0.1) is 11.6 Å². The number of nitrogens with zero attached hydrogens (tertiary/aromatic N) is 2. The van der Waals surface area contributed by atoms with E-state index in [2.05, 4.69) is 4.98 Å². The second-order valence-corrected chi connectivity index (χ2v) is 7.35. The summed E-state index contributed by atoms with van der Waals surface area (Å²) in [5.41, 5.74) is 0.786. The van der Waals surface area contributed by atoms with Crippen LogP contribution in [0.3, 0.4) is 0 Å². The molecule has 1 fully saturated rings. The van der Waals surface area contributed by atoms with Crippen LogP contribution in [0.4, 0.5) is 0 Å². The standard InChI is InChI=1S/C16H19ClN2OS/c1-2-13(17)15-18-14-8-4-3-7-12(14)16(20)19(15)10-11-6-5-9-21-11/h3-4,7-8,11,13H,2,5-6,9-10H2,1H3. The average molecular weight is 323 g/mol. The lowest BCUT2D eigenvalue weighted by atomic mass is 10.2. The Morgan fingerprint density at radius 2 is 2.29 bits per heavy atom. The molecule has 5 heteroatoms. The first kappa shape index (κ1) is 14.9. The van der Waals surface area contributed by atoms with E-state index >= 15 is 0 Å². The van der Waals surface area contributed by atoms with Gasteiger partial charge in [-0.1, -0.05) is 19.1 Å². The molecule has 2 unspecified atom stereocenters. The molecule has 2 heterocycles. The van der Waals surface area contributed by atoms with E-state index in [-0.39, 0.29) is 10.9 Å². The highest BCUT2D eigenvalue weighted by Gasteiger charge is 2.22. The van der Waals surface area contributed by atoms with E-state index < -0.39 is 0 Å². The number of hydrogen-bond acceptors (Lipinski definition) is 3. The number of para-hydroxylation sites is 1. The van der Waals surface area contributed by atoms with E-state index in [9.17, 15) is 4.79 Å². The smallest absolute Gasteiger partial charge is 0.261 e. The third-order valence-electron chi connectivity index (χ3n) is 3.94. The fraction of sp³-hybridized carbons (Fsp3) is 0.500. The first-order chi connectivity index (χ1) is 10.2. The highest BCUT2D eigenvalue weighted by molar-refractivity contribution is 8.00. The minimum absolute atomic E-state index is 0.0437. The monoisotopic (exact) mass is 322 g/mol. The Morgan fingerprint density at radius 1 is 1.48 bits per heavy atom. The van der Waals surface area contributed by atoms with Crippen LogP contribution in [0.2, 0.25) is 0 Å². The molecule has 0 radical (unpaired) electrons. The van der Waals surface area contributed by atoms with Gasteiger partial charge in [0.15, 0.2) is 0 Å². The molecule has 1 aromatic heterocycles. The van der Waals surface area contributed by atoms with Crippen molar-refractivity contribution < 1.29 is 0 Å². The fourth-order valence-electron chi connectivity index (χ4n) is 2.78. The summed E-state index contributed by atoms with van der Waals surface area (Å²) in [6.45, 7) is 2.74. The van der Waals surface area contributed by atoms with Crippen LogP contribution in [-0.2, 0) is 6.54 Å². The molecule has 1 aromatic carbocycles. The van der Waals surface area contributed by atoms with Crippen molar-refractivity contribution in [3.63, 3.8) is 0 Å². The predicted molar refractivity (Wildman–Crippen MR) is 90.4 cm³/mol. The molecule has 21 heavy (non-hydrogen) atoms. The van der Waals surface area contributed by atoms with Crippen molar-refractivity contribution in [2.75, 3.05) is 5.75 Å². The third kappa shape index (κ3) is 2.97. The van der Waals surface area contributed by atoms with Gasteiger partial charge < -0.3 is 0 Å². The van der Waals surface area contributed by atoms with Crippen LogP contribution in [0, 0.1) is 0 Å². The van der Waals surface area contributed by atoms with Gasteiger partial charge in [-0.3, -0.25) is 9.36 Å². The number of alkyl halides is 1. The first-order valence-electron chi connectivity index (χ1n) is 7.46. The SMILES string of the molecule is CCC(Cl)c1nc2ccccc2c(=O)n1CC1CCCS1. The summed E-state index contributed by atoms with van der Waals surface area (Å²) in [5, 5.41) is 0.975. The van der Waals surface area contributed by atoms with Gasteiger partial charge >= 0.3 is 0 Å². The van der Waals surface area contributed by atoms with E-state index in [4.69, 9.17) is 11.6 Å². The summed E-state index contributed by atoms with van der Waals surface area (Å²) >= 11 is 8.37. The molecular weight excluding hydrogens is 304 g/mol. The molecule has 1 aliphatic heterocycles. The molecule has 112 valence electrons. The van der Waals surface area contributed by atoms with Gasteiger partial charge in [-0.05, 0) is 37.1 Å². The van der Waals surface area contributed by atoms with Gasteiger partial charge in [0.1, 0.15) is 5.82 Å². The summed E-state index contributed by atoms with van der Waals surface area (Å²) in [6, 6.07) is 7.53. The minimum Gasteiger partial charge on any atom is -0.294 e. The molecule has 1 aliphatic rings. The van der Waals surface area contributed by atoms with Gasteiger partial charge in [-0.2, -0.15) is 11.8 Å². The Kier molecular flexibility index (Phi) is 4.55. The van der Waals surface area contributed by atoms with Gasteiger partial charge in [0.2, 0.25) is 0 Å². The van der Waals surface area contributed by atoms with Gasteiger partial charge in [-0.25, -0.2) is 4.98 Å². The molecule has 3 nitrogen and oxygen atoms in total. The molecule has 2 atom stereocenters. The number of fused-ring (bicyclic) bond motifs is 1. The summed E-state index contributed by atoms with van der Waals surface area (Å²) in [6.07, 6.45) is 3.17. The summed E-state index contributed by atoms with van der Waals surface area (Å²) in [7, 11) is 0. The third-order valence-corrected chi connectivity index (χ3v) is 5.82. The molecule has 1 saturated heterocycles. The largest absolute Gasteiger partial charge is 0.294 e. The molecule has 0 aliphatic carbocycles. The zero-order chi connectivity index (χ0) is 14.8. The van der Waals surface area contributed by atoms with Crippen molar-refractivity contribution in [3.8, 4) is 0 Å². The van der Waals surface area contributed by atoms with E-state index in [0.29, 0.717) is 10.6 Å². The maximum Gasteiger partial charge on any atom is 0.261 e. The summed E-state index contributed by atoms with van der Waals surface area (Å²) in [5.74, 6) is 1.91. The Labute approximate surface area is 133 Å². The first-order valence-corrected chi connectivity index (χ1v) is 8.94. The molecule has 0 saturated carbocycles. The number of aromatic nitrogens is 2. The maximum atomic E-state index is 12.8. The van der Waals surface area contributed by atoms with E-state index in [1.54, 1.807) is 0 Å². The maximum absolute atomic E-state index is 12.8. The number of thioether (sulfide) groups is 1. The molecule has 0 N–H and O–H groups in total. The Balaban J connectivity index is 2.13. The lowest BCUT2D eigenvalue weighted by molar-refractivity contribution is 0.574. The van der Waals surface area contributed by atoms with Crippen molar-refractivity contribution in [1.29, 1.82) is 0 Å². The zero-order valence-corrected chi connectivity index (χ0v) is 13.7. The number of rotatable bonds is 4. The van der Waals surface area contributed by atoms with E-state index in [1.165, 1.54) is 18.6 Å². The van der Waals surface area contributed by atoms with E-state index in [1.807, 2.05) is 47.5 Å². The minimum atomic E-state index is -0.214. The second kappa shape index (κ2) is 6.41. The van der Waals surface area contributed by atoms with Crippen LogP contribution in [0.15, 0.2) is 29.1 Å². The Morgan fingerprint density at radius 3 is 3.00 bits per heavy atom. The van der Waals surface area contributed by atoms with E-state index in [0.717, 1.165) is 24.3 Å². The van der Waals surface area contributed by atoms with Gasteiger partial charge in [0.05, 0.1) is 16.3 Å². The molecule has 0 bridgehead atoms. The van der Waals surface area contributed by atoms with Crippen molar-refractivity contribution >= 4 is 34.3 Å². The fourth-order valence-corrected chi connectivity index (χ4v) is 4.20. The molecule has 0 spiro atoms. The summed E-state index contributed by atoms with van der Waals surface area (Å²) < 4.78 is 1.81. The van der Waals surface area contributed by atoms with Crippen LogP contribution in [-0.4, -0.2) is 20.6 Å². The average Bonchev–Trinajstić information content (AvgIpc) is 3.02. The van der Waals surface area contributed by atoms with Crippen LogP contribution in [0.5, 0.6) is 0 Å². The zero-order valence-electron chi connectivity index (χ0n) is 12.1. The highest BCUT2D eigenvalue weighted by Crippen LogP contribution is 2.29. The van der Waals surface area contributed by atoms with Crippen molar-refractivity contribution in [2.45, 2.75) is 43.4 Å². The van der Waals surface area contributed by atoms with Crippen LogP contribution in [0.25, 0.3) is 10.9 Å². The topological polar surface area (TPSA) is 34.9 Å². The molecule has 2 aromatic rings. The normalized spacial score (nSPS) is 20.0. The quantitative estimate of drug-likeness (QED) is 0.798. The molecular formula is C16H19ClN2OS. The second-order valence-electron chi connectivity index (χ2n) is 5.41. The number of benzene rings is 1. The Bertz CT molecular complexity index is 694. The molecule has 0 amide bonds.